The number of rotatable bonds is 3. The summed E-state index contributed by atoms with van der Waals surface area (Å²) in [6.07, 6.45) is 3.92. The van der Waals surface area contributed by atoms with Gasteiger partial charge >= 0.3 is 0 Å². The van der Waals surface area contributed by atoms with Gasteiger partial charge in [0.05, 0.1) is 5.69 Å². The van der Waals surface area contributed by atoms with E-state index >= 15 is 0 Å². The van der Waals surface area contributed by atoms with Crippen LogP contribution in [0.5, 0.6) is 0 Å². The zero-order valence-electron chi connectivity index (χ0n) is 11.6. The highest BCUT2D eigenvalue weighted by Gasteiger charge is 2.32. The number of nitrogens with two attached hydrogens (primary N) is 2. The van der Waals surface area contributed by atoms with E-state index in [9.17, 15) is 13.2 Å². The van der Waals surface area contributed by atoms with Crippen molar-refractivity contribution in [1.82, 2.24) is 13.8 Å². The summed E-state index contributed by atoms with van der Waals surface area (Å²) in [4.78, 5) is 14.2. The Kier molecular flexibility index (Phi) is 3.42. The number of piperazine rings is 1. The van der Waals surface area contributed by atoms with E-state index in [1.54, 1.807) is 17.2 Å². The van der Waals surface area contributed by atoms with Gasteiger partial charge in [0, 0.05) is 38.4 Å². The number of nitrogen functional groups attached to an aromatic ring is 1. The fourth-order valence-corrected chi connectivity index (χ4v) is 3.31. The minimum absolute atomic E-state index is 0.104. The van der Waals surface area contributed by atoms with Gasteiger partial charge in [0.2, 0.25) is 0 Å². The maximum absolute atomic E-state index is 12.6. The van der Waals surface area contributed by atoms with Gasteiger partial charge in [0.15, 0.2) is 0 Å². The lowest BCUT2D eigenvalue weighted by molar-refractivity contribution is 0.0686. The molecule has 8 nitrogen and oxygen atoms in total. The van der Waals surface area contributed by atoms with Crippen LogP contribution in [0.25, 0.3) is 0 Å². The van der Waals surface area contributed by atoms with Gasteiger partial charge in [-0.05, 0) is 18.9 Å². The first-order valence-corrected chi connectivity index (χ1v) is 8.41. The molecule has 1 saturated carbocycles. The van der Waals surface area contributed by atoms with Gasteiger partial charge in [0.1, 0.15) is 5.69 Å². The summed E-state index contributed by atoms with van der Waals surface area (Å²) < 4.78 is 25.7. The zero-order chi connectivity index (χ0) is 15.2. The first kappa shape index (κ1) is 14.4. The van der Waals surface area contributed by atoms with Crippen molar-refractivity contribution in [2.45, 2.75) is 18.9 Å². The highest BCUT2D eigenvalue weighted by molar-refractivity contribution is 7.86. The van der Waals surface area contributed by atoms with Crippen molar-refractivity contribution < 1.29 is 13.2 Å². The molecule has 3 rings (SSSR count). The van der Waals surface area contributed by atoms with Gasteiger partial charge in [-0.1, -0.05) is 0 Å². The van der Waals surface area contributed by atoms with Crippen molar-refractivity contribution in [3.63, 3.8) is 0 Å². The van der Waals surface area contributed by atoms with E-state index in [2.05, 4.69) is 0 Å². The lowest BCUT2D eigenvalue weighted by Gasteiger charge is -2.33. The van der Waals surface area contributed by atoms with Crippen LogP contribution in [0.4, 0.5) is 5.69 Å². The maximum Gasteiger partial charge on any atom is 0.277 e. The van der Waals surface area contributed by atoms with Gasteiger partial charge in [-0.15, -0.1) is 0 Å². The smallest absolute Gasteiger partial charge is 0.277 e. The molecule has 0 atom stereocenters. The number of anilines is 1. The van der Waals surface area contributed by atoms with E-state index in [1.807, 2.05) is 4.57 Å². The van der Waals surface area contributed by atoms with Crippen molar-refractivity contribution >= 4 is 21.8 Å². The molecule has 2 heterocycles. The van der Waals surface area contributed by atoms with E-state index in [0.29, 0.717) is 30.5 Å². The molecule has 0 spiro atoms. The largest absolute Gasteiger partial charge is 0.397 e. The number of amides is 1. The van der Waals surface area contributed by atoms with Crippen LogP contribution >= 0.6 is 0 Å². The summed E-state index contributed by atoms with van der Waals surface area (Å²) in [6, 6.07) is 2.05. The molecule has 4 N–H and O–H groups in total. The number of aromatic nitrogens is 1. The van der Waals surface area contributed by atoms with E-state index in [4.69, 9.17) is 10.9 Å². The van der Waals surface area contributed by atoms with Gasteiger partial charge in [-0.2, -0.15) is 12.7 Å². The maximum atomic E-state index is 12.6. The number of hydrogen-bond donors (Lipinski definition) is 2. The predicted molar refractivity (Wildman–Crippen MR) is 77.7 cm³/mol. The summed E-state index contributed by atoms with van der Waals surface area (Å²) in [5, 5.41) is 5.09. The van der Waals surface area contributed by atoms with Crippen molar-refractivity contribution in [3.8, 4) is 0 Å². The Morgan fingerprint density at radius 1 is 1.19 bits per heavy atom. The average molecular weight is 313 g/mol. The van der Waals surface area contributed by atoms with Crippen LogP contribution in [0.3, 0.4) is 0 Å². The minimum atomic E-state index is -3.68. The molecule has 1 aromatic heterocycles. The SMILES string of the molecule is Nc1cc(C(=O)N2CCN(S(N)(=O)=O)CC2)n(C2CC2)c1. The Hall–Kier alpha value is -1.58. The van der Waals surface area contributed by atoms with Crippen LogP contribution in [0, 0.1) is 0 Å². The van der Waals surface area contributed by atoms with Crippen LogP contribution in [0.15, 0.2) is 12.3 Å². The first-order valence-electron chi connectivity index (χ1n) is 6.91. The lowest BCUT2D eigenvalue weighted by atomic mass is 10.3. The fraction of sp³-hybridized carbons (Fsp3) is 0.583. The molecule has 1 amide bonds. The summed E-state index contributed by atoms with van der Waals surface area (Å²) in [6.45, 7) is 1.13. The third-order valence-electron chi connectivity index (χ3n) is 3.91. The molecule has 1 aliphatic carbocycles. The Bertz CT molecular complexity index is 656. The molecular weight excluding hydrogens is 294 g/mol. The van der Waals surface area contributed by atoms with Crippen LogP contribution in [0.2, 0.25) is 0 Å². The second-order valence-electron chi connectivity index (χ2n) is 5.53. The Morgan fingerprint density at radius 3 is 2.33 bits per heavy atom. The van der Waals surface area contributed by atoms with E-state index in [0.717, 1.165) is 12.8 Å². The third-order valence-corrected chi connectivity index (χ3v) is 5.00. The molecule has 1 saturated heterocycles. The first-order chi connectivity index (χ1) is 9.86. The molecule has 0 radical (unpaired) electrons. The monoisotopic (exact) mass is 313 g/mol. The Morgan fingerprint density at radius 2 is 1.81 bits per heavy atom. The van der Waals surface area contributed by atoms with Crippen molar-refractivity contribution in [2.75, 3.05) is 31.9 Å². The quantitative estimate of drug-likeness (QED) is 0.773. The molecule has 9 heteroatoms. The number of hydrogen-bond acceptors (Lipinski definition) is 4. The van der Waals surface area contributed by atoms with Gasteiger partial charge < -0.3 is 15.2 Å². The van der Waals surface area contributed by atoms with Crippen LogP contribution in [0.1, 0.15) is 29.4 Å². The molecule has 0 unspecified atom stereocenters. The second-order valence-corrected chi connectivity index (χ2v) is 7.08. The molecule has 1 aliphatic heterocycles. The molecule has 116 valence electrons. The normalized spacial score (nSPS) is 20.7. The van der Waals surface area contributed by atoms with E-state index in [-0.39, 0.29) is 19.0 Å². The summed E-state index contributed by atoms with van der Waals surface area (Å²) in [7, 11) is -3.68. The molecule has 1 aromatic rings. The van der Waals surface area contributed by atoms with E-state index in [1.165, 1.54) is 4.31 Å². The summed E-state index contributed by atoms with van der Waals surface area (Å²) in [5.41, 5.74) is 6.96. The highest BCUT2D eigenvalue weighted by atomic mass is 32.2. The number of nitrogens with zero attached hydrogens (tertiary/aromatic N) is 3. The minimum Gasteiger partial charge on any atom is -0.397 e. The van der Waals surface area contributed by atoms with Crippen LogP contribution < -0.4 is 10.9 Å². The Labute approximate surface area is 123 Å². The number of carbonyl (C=O) groups excluding carboxylic acids is 1. The fourth-order valence-electron chi connectivity index (χ4n) is 2.63. The topological polar surface area (TPSA) is 115 Å². The van der Waals surface area contributed by atoms with E-state index < -0.39 is 10.2 Å². The molecule has 21 heavy (non-hydrogen) atoms. The average Bonchev–Trinajstić information content (AvgIpc) is 3.20. The summed E-state index contributed by atoms with van der Waals surface area (Å²) >= 11 is 0. The third kappa shape index (κ3) is 2.89. The molecule has 2 aliphatic rings. The Balaban J connectivity index is 1.72. The van der Waals surface area contributed by atoms with Gasteiger partial charge in [0.25, 0.3) is 16.1 Å². The number of carbonyl (C=O) groups is 1. The van der Waals surface area contributed by atoms with Crippen molar-refractivity contribution in [1.29, 1.82) is 0 Å². The molecular formula is C12H19N5O3S. The molecule has 0 aromatic carbocycles. The highest BCUT2D eigenvalue weighted by Crippen LogP contribution is 2.37. The van der Waals surface area contributed by atoms with Gasteiger partial charge in [-0.3, -0.25) is 4.79 Å². The van der Waals surface area contributed by atoms with Gasteiger partial charge in [-0.25, -0.2) is 5.14 Å². The van der Waals surface area contributed by atoms with Crippen LogP contribution in [-0.4, -0.2) is 54.3 Å². The lowest BCUT2D eigenvalue weighted by Crippen LogP contribution is -2.52. The van der Waals surface area contributed by atoms with Crippen LogP contribution in [-0.2, 0) is 10.2 Å². The molecule has 0 bridgehead atoms. The standard InChI is InChI=1S/C12H19N5O3S/c13-9-7-11(17(8-9)10-1-2-10)12(18)15-3-5-16(6-4-15)21(14,19)20/h7-8,10H,1-6,13H2,(H2,14,19,20). The zero-order valence-corrected chi connectivity index (χ0v) is 12.4. The van der Waals surface area contributed by atoms with Crippen molar-refractivity contribution in [2.24, 2.45) is 5.14 Å². The predicted octanol–water partition coefficient (Wildman–Crippen LogP) is -0.633. The second kappa shape index (κ2) is 5.00. The van der Waals surface area contributed by atoms with Crippen molar-refractivity contribution in [3.05, 3.63) is 18.0 Å². The molecule has 2 fully saturated rings. The summed E-state index contributed by atoms with van der Waals surface area (Å²) in [5.74, 6) is -0.104.